The van der Waals surface area contributed by atoms with Crippen LogP contribution in [0.4, 0.5) is 5.95 Å². The summed E-state index contributed by atoms with van der Waals surface area (Å²) in [7, 11) is 0. The molecule has 2 N–H and O–H groups in total. The summed E-state index contributed by atoms with van der Waals surface area (Å²) in [5.74, 6) is 0.732. The lowest BCUT2D eigenvalue weighted by Gasteiger charge is -2.23. The Bertz CT molecular complexity index is 360. The summed E-state index contributed by atoms with van der Waals surface area (Å²) in [6, 6.07) is 0.560. The van der Waals surface area contributed by atoms with E-state index in [9.17, 15) is 0 Å². The van der Waals surface area contributed by atoms with Gasteiger partial charge in [0.15, 0.2) is 0 Å². The van der Waals surface area contributed by atoms with Crippen molar-refractivity contribution < 1.29 is 0 Å². The maximum absolute atomic E-state index is 4.38. The number of hydrogen-bond acceptors (Lipinski definition) is 4. The van der Waals surface area contributed by atoms with E-state index in [0.29, 0.717) is 6.04 Å². The van der Waals surface area contributed by atoms with Crippen molar-refractivity contribution in [2.75, 3.05) is 18.4 Å². The van der Waals surface area contributed by atoms with Gasteiger partial charge in [-0.1, -0.05) is 27.2 Å². The van der Waals surface area contributed by atoms with E-state index in [-0.39, 0.29) is 5.41 Å². The van der Waals surface area contributed by atoms with Gasteiger partial charge in [0.1, 0.15) is 0 Å². The molecule has 0 aromatic carbocycles. The minimum atomic E-state index is 0.115. The van der Waals surface area contributed by atoms with Gasteiger partial charge < -0.3 is 10.6 Å². The van der Waals surface area contributed by atoms with Crippen LogP contribution in [0, 0.1) is 0 Å². The zero-order chi connectivity index (χ0) is 13.0. The van der Waals surface area contributed by atoms with Crippen molar-refractivity contribution in [1.29, 1.82) is 0 Å². The van der Waals surface area contributed by atoms with E-state index in [1.54, 1.807) is 0 Å². The molecule has 100 valence electrons. The Morgan fingerprint density at radius 3 is 2.56 bits per heavy atom. The van der Waals surface area contributed by atoms with Crippen LogP contribution in [0.5, 0.6) is 0 Å². The number of rotatable bonds is 3. The topological polar surface area (TPSA) is 49.8 Å². The van der Waals surface area contributed by atoms with Crippen LogP contribution in [-0.4, -0.2) is 29.1 Å². The monoisotopic (exact) mass is 248 g/mol. The molecule has 1 aromatic rings. The molecule has 2 heterocycles. The number of hydrogen-bond donors (Lipinski definition) is 2. The summed E-state index contributed by atoms with van der Waals surface area (Å²) >= 11 is 0. The van der Waals surface area contributed by atoms with Crippen LogP contribution in [0.25, 0.3) is 0 Å². The summed E-state index contributed by atoms with van der Waals surface area (Å²) in [5, 5.41) is 6.82. The first kappa shape index (κ1) is 13.3. The Kier molecular flexibility index (Phi) is 4.17. The summed E-state index contributed by atoms with van der Waals surface area (Å²) in [6.45, 7) is 8.56. The molecule has 1 atom stereocenters. The first-order valence-corrected chi connectivity index (χ1v) is 6.85. The summed E-state index contributed by atoms with van der Waals surface area (Å²) < 4.78 is 0. The standard InChI is InChI=1S/C14H24N4/c1-14(2,3)11-8-16-13(17-9-11)18-10-12-6-4-5-7-15-12/h8-9,12,15H,4-7,10H2,1-3H3,(H,16,17,18). The van der Waals surface area contributed by atoms with Crippen molar-refractivity contribution in [3.05, 3.63) is 18.0 Å². The molecule has 2 rings (SSSR count). The molecule has 0 amide bonds. The largest absolute Gasteiger partial charge is 0.353 e. The highest BCUT2D eigenvalue weighted by atomic mass is 15.1. The molecule has 0 saturated carbocycles. The highest BCUT2D eigenvalue weighted by Crippen LogP contribution is 2.20. The molecule has 0 bridgehead atoms. The number of aromatic nitrogens is 2. The van der Waals surface area contributed by atoms with Gasteiger partial charge in [-0.15, -0.1) is 0 Å². The van der Waals surface area contributed by atoms with Gasteiger partial charge in [-0.2, -0.15) is 0 Å². The zero-order valence-corrected chi connectivity index (χ0v) is 11.7. The van der Waals surface area contributed by atoms with Crippen LogP contribution in [0.2, 0.25) is 0 Å². The number of nitrogens with one attached hydrogen (secondary N) is 2. The molecule has 1 aromatic heterocycles. The third kappa shape index (κ3) is 3.67. The number of anilines is 1. The molecule has 18 heavy (non-hydrogen) atoms. The highest BCUT2D eigenvalue weighted by Gasteiger charge is 2.15. The van der Waals surface area contributed by atoms with Crippen molar-refractivity contribution in [3.8, 4) is 0 Å². The maximum atomic E-state index is 4.38. The van der Waals surface area contributed by atoms with Crippen LogP contribution >= 0.6 is 0 Å². The zero-order valence-electron chi connectivity index (χ0n) is 11.7. The predicted octanol–water partition coefficient (Wildman–Crippen LogP) is 2.33. The molecule has 4 nitrogen and oxygen atoms in total. The van der Waals surface area contributed by atoms with Gasteiger partial charge in [-0.05, 0) is 30.4 Å². The molecule has 0 aliphatic carbocycles. The molecule has 0 radical (unpaired) electrons. The van der Waals surface area contributed by atoms with E-state index < -0.39 is 0 Å². The lowest BCUT2D eigenvalue weighted by Crippen LogP contribution is -2.39. The molecular weight excluding hydrogens is 224 g/mol. The third-order valence-electron chi connectivity index (χ3n) is 3.44. The summed E-state index contributed by atoms with van der Waals surface area (Å²) in [6.07, 6.45) is 7.71. The molecule has 1 saturated heterocycles. The van der Waals surface area contributed by atoms with Gasteiger partial charge >= 0.3 is 0 Å². The van der Waals surface area contributed by atoms with E-state index in [0.717, 1.165) is 19.0 Å². The van der Waals surface area contributed by atoms with E-state index in [4.69, 9.17) is 0 Å². The minimum Gasteiger partial charge on any atom is -0.353 e. The molecular formula is C14H24N4. The third-order valence-corrected chi connectivity index (χ3v) is 3.44. The molecule has 1 fully saturated rings. The fourth-order valence-electron chi connectivity index (χ4n) is 2.12. The predicted molar refractivity (Wildman–Crippen MR) is 74.9 cm³/mol. The van der Waals surface area contributed by atoms with Crippen molar-refractivity contribution >= 4 is 5.95 Å². The number of nitrogens with zero attached hydrogens (tertiary/aromatic N) is 2. The Balaban J connectivity index is 1.86. The normalized spacial score (nSPS) is 20.7. The van der Waals surface area contributed by atoms with Crippen molar-refractivity contribution in [2.24, 2.45) is 0 Å². The fraction of sp³-hybridized carbons (Fsp3) is 0.714. The van der Waals surface area contributed by atoms with Gasteiger partial charge in [0, 0.05) is 25.0 Å². The van der Waals surface area contributed by atoms with E-state index >= 15 is 0 Å². The van der Waals surface area contributed by atoms with E-state index in [1.165, 1.54) is 24.8 Å². The molecule has 0 spiro atoms. The van der Waals surface area contributed by atoms with Crippen LogP contribution in [-0.2, 0) is 5.41 Å². The first-order valence-electron chi connectivity index (χ1n) is 6.85. The highest BCUT2D eigenvalue weighted by molar-refractivity contribution is 5.27. The first-order chi connectivity index (χ1) is 8.55. The van der Waals surface area contributed by atoms with Gasteiger partial charge in [0.25, 0.3) is 0 Å². The molecule has 1 unspecified atom stereocenters. The second-order valence-electron chi connectivity index (χ2n) is 6.07. The lowest BCUT2D eigenvalue weighted by atomic mass is 9.89. The molecule has 4 heteroatoms. The van der Waals surface area contributed by atoms with Crippen molar-refractivity contribution in [2.45, 2.75) is 51.5 Å². The lowest BCUT2D eigenvalue weighted by molar-refractivity contribution is 0.413. The molecule has 1 aliphatic heterocycles. The summed E-state index contributed by atoms with van der Waals surface area (Å²) in [5.41, 5.74) is 1.28. The molecule has 1 aliphatic rings. The second kappa shape index (κ2) is 5.65. The van der Waals surface area contributed by atoms with Crippen LogP contribution in [0.3, 0.4) is 0 Å². The Morgan fingerprint density at radius 2 is 2.00 bits per heavy atom. The number of piperidine rings is 1. The van der Waals surface area contributed by atoms with Gasteiger partial charge in [0.05, 0.1) is 0 Å². The SMILES string of the molecule is CC(C)(C)c1cnc(NCC2CCCCN2)nc1. The van der Waals surface area contributed by atoms with Crippen LogP contribution in [0.1, 0.15) is 45.6 Å². The second-order valence-corrected chi connectivity index (χ2v) is 6.07. The fourth-order valence-corrected chi connectivity index (χ4v) is 2.12. The maximum Gasteiger partial charge on any atom is 0.222 e. The van der Waals surface area contributed by atoms with Crippen molar-refractivity contribution in [3.63, 3.8) is 0 Å². The Labute approximate surface area is 110 Å². The summed E-state index contributed by atoms with van der Waals surface area (Å²) in [4.78, 5) is 8.76. The Hall–Kier alpha value is -1.16. The van der Waals surface area contributed by atoms with Gasteiger partial charge in [0.2, 0.25) is 5.95 Å². The van der Waals surface area contributed by atoms with Gasteiger partial charge in [-0.3, -0.25) is 0 Å². The quantitative estimate of drug-likeness (QED) is 0.862. The minimum absolute atomic E-state index is 0.115. The van der Waals surface area contributed by atoms with Crippen molar-refractivity contribution in [1.82, 2.24) is 15.3 Å². The smallest absolute Gasteiger partial charge is 0.222 e. The van der Waals surface area contributed by atoms with Crippen LogP contribution < -0.4 is 10.6 Å². The average Bonchev–Trinajstić information content (AvgIpc) is 2.37. The van der Waals surface area contributed by atoms with Crippen LogP contribution in [0.15, 0.2) is 12.4 Å². The van der Waals surface area contributed by atoms with Gasteiger partial charge in [-0.25, -0.2) is 9.97 Å². The van der Waals surface area contributed by atoms with E-state index in [2.05, 4.69) is 41.4 Å². The Morgan fingerprint density at radius 1 is 1.28 bits per heavy atom. The average molecular weight is 248 g/mol. The van der Waals surface area contributed by atoms with E-state index in [1.807, 2.05) is 12.4 Å².